The number of H-pyrrole nitrogens is 1. The van der Waals surface area contributed by atoms with Gasteiger partial charge in [0.15, 0.2) is 5.82 Å². The molecule has 3 aliphatic rings. The number of imide groups is 2. The molecule has 0 radical (unpaired) electrons. The third-order valence-corrected chi connectivity index (χ3v) is 10.5. The molecule has 18 heteroatoms. The van der Waals surface area contributed by atoms with Crippen LogP contribution in [0, 0.1) is 5.82 Å². The maximum atomic E-state index is 14.8. The number of hydrogen-bond acceptors (Lipinski definition) is 13. The van der Waals surface area contributed by atoms with E-state index in [1.807, 2.05) is 24.3 Å². The Labute approximate surface area is 337 Å². The Hall–Kier alpha value is -6.79. The van der Waals surface area contributed by atoms with Crippen molar-refractivity contribution in [2.45, 2.75) is 18.9 Å². The molecular formula is C41H41FN10O7. The minimum Gasteiger partial charge on any atom is -0.496 e. The van der Waals surface area contributed by atoms with Gasteiger partial charge in [0.05, 0.1) is 49.8 Å². The van der Waals surface area contributed by atoms with Gasteiger partial charge in [-0.15, -0.1) is 0 Å². The van der Waals surface area contributed by atoms with Crippen molar-refractivity contribution in [3.8, 4) is 28.4 Å². The van der Waals surface area contributed by atoms with Gasteiger partial charge in [-0.2, -0.15) is 5.10 Å². The summed E-state index contributed by atoms with van der Waals surface area (Å²) in [6.45, 7) is 4.65. The first-order chi connectivity index (χ1) is 28.7. The molecule has 3 aromatic carbocycles. The molecule has 1 unspecified atom stereocenters. The van der Waals surface area contributed by atoms with Gasteiger partial charge in [0.25, 0.3) is 11.8 Å². The molecule has 8 rings (SSSR count). The van der Waals surface area contributed by atoms with Crippen LogP contribution in [0.5, 0.6) is 5.75 Å². The number of ether oxygens (including phenoxy) is 2. The summed E-state index contributed by atoms with van der Waals surface area (Å²) in [6.07, 6.45) is 1.74. The van der Waals surface area contributed by atoms with Crippen LogP contribution in [0.2, 0.25) is 0 Å². The van der Waals surface area contributed by atoms with E-state index in [9.17, 15) is 28.4 Å². The second-order valence-electron chi connectivity index (χ2n) is 14.3. The van der Waals surface area contributed by atoms with Crippen molar-refractivity contribution in [3.63, 3.8) is 0 Å². The minimum absolute atomic E-state index is 0.0576. The molecule has 2 aromatic heterocycles. The molecular weight excluding hydrogens is 764 g/mol. The topological polar surface area (TPSA) is 204 Å². The summed E-state index contributed by atoms with van der Waals surface area (Å²) in [5, 5.41) is 15.7. The second-order valence-corrected chi connectivity index (χ2v) is 14.3. The number of carbonyl (C=O) groups is 5. The quantitative estimate of drug-likeness (QED) is 0.0943. The number of fused-ring (bicyclic) bond motifs is 2. The smallest absolute Gasteiger partial charge is 0.262 e. The number of hydrogen-bond donors (Lipinski definition) is 4. The lowest BCUT2D eigenvalue weighted by atomic mass is 10.0. The number of carbonyl (C=O) groups excluding carboxylic acids is 5. The first kappa shape index (κ1) is 39.1. The third-order valence-electron chi connectivity index (χ3n) is 10.5. The predicted octanol–water partition coefficient (Wildman–Crippen LogP) is 2.60. The minimum atomic E-state index is -1.02. The number of aromatic nitrogens is 4. The van der Waals surface area contributed by atoms with E-state index < -0.39 is 35.5 Å². The normalized spacial score (nSPS) is 17.0. The molecule has 17 nitrogen and oxygen atoms in total. The molecule has 3 aliphatic heterocycles. The molecule has 0 spiro atoms. The molecule has 4 N–H and O–H groups in total. The summed E-state index contributed by atoms with van der Waals surface area (Å²) in [5.41, 5.74) is 4.92. The molecule has 0 aliphatic carbocycles. The van der Waals surface area contributed by atoms with Gasteiger partial charge in [-0.25, -0.2) is 14.4 Å². The SMILES string of the molecule is COc1cccc(F)c1-c1ncc2[nH]nc(-c3ccc(N4CCN(CC(=O)NCCOCCNc5ccc6c(c5)C(=O)N(C5CCC(=O)NC5=O)C6=O)CC4)cc3)c2n1. The number of nitrogens with zero attached hydrogens (tertiary/aromatic N) is 6. The maximum Gasteiger partial charge on any atom is 0.262 e. The summed E-state index contributed by atoms with van der Waals surface area (Å²) in [5.74, 6) is -2.22. The van der Waals surface area contributed by atoms with Crippen LogP contribution in [0.3, 0.4) is 0 Å². The van der Waals surface area contributed by atoms with Crippen molar-refractivity contribution in [3.05, 3.63) is 83.8 Å². The molecule has 5 aromatic rings. The summed E-state index contributed by atoms with van der Waals surface area (Å²) in [4.78, 5) is 76.7. The maximum absolute atomic E-state index is 14.8. The lowest BCUT2D eigenvalue weighted by Crippen LogP contribution is -2.54. The van der Waals surface area contributed by atoms with Crippen LogP contribution in [-0.2, 0) is 19.1 Å². The first-order valence-electron chi connectivity index (χ1n) is 19.2. The van der Waals surface area contributed by atoms with Gasteiger partial charge in [-0.05, 0) is 48.9 Å². The number of amides is 5. The van der Waals surface area contributed by atoms with Gasteiger partial charge in [0, 0.05) is 62.6 Å². The van der Waals surface area contributed by atoms with E-state index in [4.69, 9.17) is 9.47 Å². The van der Waals surface area contributed by atoms with Gasteiger partial charge in [-0.1, -0.05) is 18.2 Å². The standard InChI is InChI=1S/C41H41FN10O7/c1-58-32-4-2-3-29(42)35(32)38-45-22-30-37(47-38)36(49-48-30)24-5-8-26(9-6-24)51-17-15-50(16-18-51)23-34(54)44-14-20-59-19-13-43-25-7-10-27-28(21-25)41(57)52(40(27)56)31-11-12-33(53)46-39(31)55/h2-10,21-22,31,43H,11-20,23H2,1H3,(H,44,54)(H,48,49)(H,46,53,55). The van der Waals surface area contributed by atoms with Crippen molar-refractivity contribution >= 4 is 51.9 Å². The lowest BCUT2D eigenvalue weighted by Gasteiger charge is -2.35. The Balaban J connectivity index is 0.742. The van der Waals surface area contributed by atoms with Crippen LogP contribution >= 0.6 is 0 Å². The summed E-state index contributed by atoms with van der Waals surface area (Å²) in [7, 11) is 1.47. The molecule has 0 bridgehead atoms. The molecule has 2 fully saturated rings. The van der Waals surface area contributed by atoms with Crippen molar-refractivity contribution in [1.29, 1.82) is 0 Å². The number of anilines is 2. The Bertz CT molecular complexity index is 2430. The van der Waals surface area contributed by atoms with Crippen LogP contribution in [0.25, 0.3) is 33.7 Å². The number of rotatable bonds is 14. The number of piperidine rings is 1. The second kappa shape index (κ2) is 17.0. The monoisotopic (exact) mass is 804 g/mol. The molecule has 59 heavy (non-hydrogen) atoms. The number of benzene rings is 3. The Kier molecular flexibility index (Phi) is 11.2. The van der Waals surface area contributed by atoms with Crippen LogP contribution in [0.15, 0.2) is 66.9 Å². The molecule has 2 saturated heterocycles. The van der Waals surface area contributed by atoms with Crippen molar-refractivity contribution in [1.82, 2.24) is 40.6 Å². The highest BCUT2D eigenvalue weighted by atomic mass is 19.1. The fraction of sp³-hybridized carbons (Fsp3) is 0.317. The van der Waals surface area contributed by atoms with Gasteiger partial charge in [0.1, 0.15) is 34.3 Å². The van der Waals surface area contributed by atoms with E-state index in [1.165, 1.54) is 13.2 Å². The zero-order valence-electron chi connectivity index (χ0n) is 32.1. The number of methoxy groups -OCH3 is 1. The van der Waals surface area contributed by atoms with E-state index in [0.29, 0.717) is 54.5 Å². The van der Waals surface area contributed by atoms with Gasteiger partial charge in [0.2, 0.25) is 17.7 Å². The van der Waals surface area contributed by atoms with Gasteiger partial charge >= 0.3 is 0 Å². The number of halogens is 1. The number of nitrogens with one attached hydrogen (secondary N) is 4. The Morgan fingerprint density at radius 3 is 2.51 bits per heavy atom. The van der Waals surface area contributed by atoms with Crippen LogP contribution < -0.4 is 25.6 Å². The summed E-state index contributed by atoms with van der Waals surface area (Å²) < 4.78 is 25.8. The van der Waals surface area contributed by atoms with Crippen LogP contribution in [0.4, 0.5) is 15.8 Å². The average Bonchev–Trinajstić information content (AvgIpc) is 3.77. The molecule has 0 saturated carbocycles. The predicted molar refractivity (Wildman–Crippen MR) is 213 cm³/mol. The molecule has 5 amide bonds. The summed E-state index contributed by atoms with van der Waals surface area (Å²) in [6, 6.07) is 16.4. The van der Waals surface area contributed by atoms with E-state index in [0.717, 1.165) is 42.3 Å². The Morgan fingerprint density at radius 1 is 0.949 bits per heavy atom. The van der Waals surface area contributed by atoms with E-state index in [2.05, 4.69) is 45.9 Å². The van der Waals surface area contributed by atoms with Crippen molar-refractivity contribution < 1.29 is 37.8 Å². The largest absolute Gasteiger partial charge is 0.496 e. The molecule has 1 atom stereocenters. The highest BCUT2D eigenvalue weighted by Crippen LogP contribution is 2.33. The Morgan fingerprint density at radius 2 is 1.73 bits per heavy atom. The average molecular weight is 805 g/mol. The summed E-state index contributed by atoms with van der Waals surface area (Å²) >= 11 is 0. The zero-order valence-corrected chi connectivity index (χ0v) is 32.1. The highest BCUT2D eigenvalue weighted by Gasteiger charge is 2.44. The van der Waals surface area contributed by atoms with Gasteiger partial charge in [-0.3, -0.25) is 44.2 Å². The zero-order chi connectivity index (χ0) is 41.0. The van der Waals surface area contributed by atoms with Gasteiger partial charge < -0.3 is 25.0 Å². The molecule has 5 heterocycles. The first-order valence-corrected chi connectivity index (χ1v) is 19.2. The number of piperazine rings is 1. The number of aromatic amines is 1. The van der Waals surface area contributed by atoms with E-state index in [-0.39, 0.29) is 47.8 Å². The van der Waals surface area contributed by atoms with Crippen molar-refractivity contribution in [2.75, 3.05) is 76.4 Å². The third kappa shape index (κ3) is 8.17. The van der Waals surface area contributed by atoms with Crippen LogP contribution in [0.1, 0.15) is 33.6 Å². The van der Waals surface area contributed by atoms with Crippen LogP contribution in [-0.4, -0.2) is 132 Å². The molecule has 304 valence electrons. The fourth-order valence-corrected chi connectivity index (χ4v) is 7.49. The lowest BCUT2D eigenvalue weighted by molar-refractivity contribution is -0.136. The fourth-order valence-electron chi connectivity index (χ4n) is 7.49. The van der Waals surface area contributed by atoms with Crippen molar-refractivity contribution in [2.24, 2.45) is 0 Å². The van der Waals surface area contributed by atoms with E-state index >= 15 is 0 Å². The van der Waals surface area contributed by atoms with E-state index in [1.54, 1.807) is 36.5 Å². The highest BCUT2D eigenvalue weighted by molar-refractivity contribution is 6.23.